The second-order valence-corrected chi connectivity index (χ2v) is 4.84. The zero-order valence-electron chi connectivity index (χ0n) is 10.2. The number of benzene rings is 1. The topological polar surface area (TPSA) is 38.5 Å². The Balaban J connectivity index is 2.06. The number of rotatable bonds is 1. The van der Waals surface area contributed by atoms with Gasteiger partial charge in [-0.05, 0) is 19.4 Å². The lowest BCUT2D eigenvalue weighted by Crippen LogP contribution is -2.46. The van der Waals surface area contributed by atoms with Gasteiger partial charge in [-0.25, -0.2) is 10.3 Å². The first-order valence-corrected chi connectivity index (χ1v) is 5.99. The summed E-state index contributed by atoms with van der Waals surface area (Å²) in [5.74, 6) is 0. The van der Waals surface area contributed by atoms with Crippen LogP contribution in [-0.2, 0) is 5.54 Å². The molecule has 0 fully saturated rings. The number of hydrogen-bond donors (Lipinski definition) is 1. The lowest BCUT2D eigenvalue weighted by atomic mass is 9.84. The summed E-state index contributed by atoms with van der Waals surface area (Å²) in [6.45, 7) is 5.24. The van der Waals surface area contributed by atoms with E-state index < -0.39 is 0 Å². The quantitative estimate of drug-likeness (QED) is 0.782. The van der Waals surface area contributed by atoms with E-state index in [9.17, 15) is 0 Å². The molecule has 0 aromatic heterocycles. The van der Waals surface area contributed by atoms with Crippen LogP contribution in [0.5, 0.6) is 0 Å². The number of hydrogen-bond acceptors (Lipinski definition) is 2. The maximum absolute atomic E-state index is 4.44. The van der Waals surface area contributed by atoms with Crippen LogP contribution in [0.1, 0.15) is 24.5 Å². The van der Waals surface area contributed by atoms with Crippen LogP contribution in [0, 0.1) is 6.92 Å². The molecule has 3 rings (SSSR count). The molecule has 2 aliphatic rings. The lowest BCUT2D eigenvalue weighted by Gasteiger charge is -2.35. The second-order valence-electron chi connectivity index (χ2n) is 4.84. The summed E-state index contributed by atoms with van der Waals surface area (Å²) in [6.07, 6.45) is 2.64. The van der Waals surface area contributed by atoms with Gasteiger partial charge in [0.25, 0.3) is 0 Å². The molecular weight excluding hydrogens is 210 g/mol. The van der Waals surface area contributed by atoms with E-state index in [0.29, 0.717) is 0 Å². The fraction of sp³-hybridized carbons (Fsp3) is 0.357. The highest BCUT2D eigenvalue weighted by atomic mass is 15.1. The molecular formula is C14H16N3. The van der Waals surface area contributed by atoms with Gasteiger partial charge in [0.2, 0.25) is 0 Å². The van der Waals surface area contributed by atoms with Gasteiger partial charge < -0.3 is 5.32 Å². The highest BCUT2D eigenvalue weighted by Crippen LogP contribution is 2.36. The maximum Gasteiger partial charge on any atom is 0.116 e. The van der Waals surface area contributed by atoms with E-state index in [1.165, 1.54) is 11.1 Å². The molecule has 0 spiro atoms. The molecule has 0 aliphatic carbocycles. The van der Waals surface area contributed by atoms with E-state index >= 15 is 0 Å². The zero-order chi connectivity index (χ0) is 11.9. The smallest absolute Gasteiger partial charge is 0.116 e. The Labute approximate surface area is 102 Å². The molecule has 2 aliphatic heterocycles. The van der Waals surface area contributed by atoms with Gasteiger partial charge in [-0.15, -0.1) is 0 Å². The Kier molecular flexibility index (Phi) is 2.30. The van der Waals surface area contributed by atoms with Crippen LogP contribution in [0.2, 0.25) is 0 Å². The summed E-state index contributed by atoms with van der Waals surface area (Å²) in [5, 5.41) is 8.01. The molecule has 2 heterocycles. The van der Waals surface area contributed by atoms with E-state index in [1.807, 2.05) is 0 Å². The van der Waals surface area contributed by atoms with Gasteiger partial charge in [-0.1, -0.05) is 29.8 Å². The Morgan fingerprint density at radius 3 is 2.76 bits per heavy atom. The molecule has 0 saturated heterocycles. The van der Waals surface area contributed by atoms with Crippen molar-refractivity contribution in [3.63, 3.8) is 0 Å². The molecule has 1 aromatic carbocycles. The van der Waals surface area contributed by atoms with Gasteiger partial charge in [-0.2, -0.15) is 0 Å². The normalized spacial score (nSPS) is 26.9. The Bertz CT molecular complexity index is 499. The van der Waals surface area contributed by atoms with Crippen molar-refractivity contribution in [2.45, 2.75) is 25.8 Å². The molecule has 1 unspecified atom stereocenters. The van der Waals surface area contributed by atoms with Crippen molar-refractivity contribution < 1.29 is 0 Å². The van der Waals surface area contributed by atoms with E-state index in [1.54, 1.807) is 6.34 Å². The molecule has 3 nitrogen and oxygen atoms in total. The summed E-state index contributed by atoms with van der Waals surface area (Å²) >= 11 is 0. The van der Waals surface area contributed by atoms with Crippen LogP contribution >= 0.6 is 0 Å². The van der Waals surface area contributed by atoms with Gasteiger partial charge in [0, 0.05) is 13.0 Å². The van der Waals surface area contributed by atoms with Crippen LogP contribution in [0.4, 0.5) is 0 Å². The number of nitrogens with zero attached hydrogens (tertiary/aromatic N) is 2. The minimum absolute atomic E-state index is 0.197. The van der Waals surface area contributed by atoms with Gasteiger partial charge in [-0.3, -0.25) is 0 Å². The third kappa shape index (κ3) is 1.58. The predicted octanol–water partition coefficient (Wildman–Crippen LogP) is 2.06. The lowest BCUT2D eigenvalue weighted by molar-refractivity contribution is 0.394. The molecule has 87 valence electrons. The molecule has 0 amide bonds. The van der Waals surface area contributed by atoms with E-state index in [2.05, 4.69) is 53.7 Å². The average molecular weight is 226 g/mol. The van der Waals surface area contributed by atoms with Crippen molar-refractivity contribution in [3.05, 3.63) is 46.8 Å². The maximum atomic E-state index is 4.44. The standard InChI is InChI=1S/C14H16N3/c1-10-3-5-11(6-4-10)14(2)13-12(7-8-17-14)15-9-16-13/h3-6,9,17H,7-8H2,1-2H3. The number of nitrogens with one attached hydrogen (secondary N) is 1. The van der Waals surface area contributed by atoms with Gasteiger partial charge >= 0.3 is 0 Å². The third-order valence-corrected chi connectivity index (χ3v) is 3.62. The Hall–Kier alpha value is -1.61. The summed E-state index contributed by atoms with van der Waals surface area (Å²) in [7, 11) is 0. The first kappa shape index (κ1) is 10.5. The summed E-state index contributed by atoms with van der Waals surface area (Å²) in [4.78, 5) is 4.34. The number of aliphatic imine (C=N–C) groups is 1. The highest BCUT2D eigenvalue weighted by Gasteiger charge is 2.38. The van der Waals surface area contributed by atoms with E-state index in [4.69, 9.17) is 0 Å². The average Bonchev–Trinajstić information content (AvgIpc) is 2.80. The molecule has 3 heteroatoms. The summed E-state index contributed by atoms with van der Waals surface area (Å²) in [5.41, 5.74) is 4.54. The zero-order valence-corrected chi connectivity index (χ0v) is 10.2. The van der Waals surface area contributed by atoms with Crippen molar-refractivity contribution >= 4 is 6.34 Å². The van der Waals surface area contributed by atoms with Crippen molar-refractivity contribution in [3.8, 4) is 0 Å². The first-order chi connectivity index (χ1) is 8.20. The summed E-state index contributed by atoms with van der Waals surface area (Å²) in [6, 6.07) is 8.64. The van der Waals surface area contributed by atoms with Crippen LogP contribution in [0.3, 0.4) is 0 Å². The molecule has 0 saturated carbocycles. The molecule has 17 heavy (non-hydrogen) atoms. The van der Waals surface area contributed by atoms with Gasteiger partial charge in [0.1, 0.15) is 6.34 Å². The minimum Gasteiger partial charge on any atom is -0.302 e. The van der Waals surface area contributed by atoms with E-state index in [-0.39, 0.29) is 5.54 Å². The van der Waals surface area contributed by atoms with Crippen LogP contribution in [0.15, 0.2) is 40.7 Å². The number of aryl methyl sites for hydroxylation is 1. The second kappa shape index (κ2) is 3.70. The minimum atomic E-state index is -0.197. The van der Waals surface area contributed by atoms with Crippen molar-refractivity contribution in [1.82, 2.24) is 10.6 Å². The monoisotopic (exact) mass is 226 g/mol. The van der Waals surface area contributed by atoms with Gasteiger partial charge in [0.05, 0.1) is 16.9 Å². The predicted molar refractivity (Wildman–Crippen MR) is 68.8 cm³/mol. The van der Waals surface area contributed by atoms with Gasteiger partial charge in [0.15, 0.2) is 0 Å². The summed E-state index contributed by atoms with van der Waals surface area (Å²) < 4.78 is 0. The Morgan fingerprint density at radius 2 is 2.00 bits per heavy atom. The first-order valence-electron chi connectivity index (χ1n) is 5.99. The SMILES string of the molecule is Cc1ccc(C2(C)NCCC3=C2[N]C=N3)cc1. The van der Waals surface area contributed by atoms with Crippen molar-refractivity contribution in [2.75, 3.05) is 6.54 Å². The molecule has 0 bridgehead atoms. The molecule has 1 atom stereocenters. The third-order valence-electron chi connectivity index (χ3n) is 3.62. The fourth-order valence-electron chi connectivity index (χ4n) is 2.53. The molecule has 1 aromatic rings. The van der Waals surface area contributed by atoms with Crippen molar-refractivity contribution in [1.29, 1.82) is 0 Å². The van der Waals surface area contributed by atoms with Crippen LogP contribution < -0.4 is 10.6 Å². The molecule has 1 N–H and O–H groups in total. The van der Waals surface area contributed by atoms with Crippen LogP contribution in [-0.4, -0.2) is 12.9 Å². The fourth-order valence-corrected chi connectivity index (χ4v) is 2.53. The van der Waals surface area contributed by atoms with E-state index in [0.717, 1.165) is 24.4 Å². The Morgan fingerprint density at radius 1 is 1.24 bits per heavy atom. The highest BCUT2D eigenvalue weighted by molar-refractivity contribution is 5.65. The molecule has 1 radical (unpaired) electrons. The largest absolute Gasteiger partial charge is 0.302 e. The van der Waals surface area contributed by atoms with Crippen LogP contribution in [0.25, 0.3) is 0 Å². The van der Waals surface area contributed by atoms with Crippen molar-refractivity contribution in [2.24, 2.45) is 4.99 Å².